The van der Waals surface area contributed by atoms with Crippen LogP contribution in [-0.4, -0.2) is 58.3 Å². The number of piperidine rings is 1. The average molecular weight is 411 g/mol. The number of hydrogen-bond acceptors (Lipinski definition) is 6. The van der Waals surface area contributed by atoms with Crippen molar-refractivity contribution in [2.75, 3.05) is 38.7 Å². The van der Waals surface area contributed by atoms with Crippen LogP contribution in [0, 0.1) is 5.41 Å². The fourth-order valence-corrected chi connectivity index (χ4v) is 3.81. The van der Waals surface area contributed by atoms with Gasteiger partial charge in [0.25, 0.3) is 0 Å². The van der Waals surface area contributed by atoms with E-state index in [2.05, 4.69) is 4.90 Å². The Kier molecular flexibility index (Phi) is 6.88. The quantitative estimate of drug-likeness (QED) is 0.671. The lowest BCUT2D eigenvalue weighted by atomic mass is 9.91. The van der Waals surface area contributed by atoms with Crippen molar-refractivity contribution in [2.24, 2.45) is 5.41 Å². The Labute approximate surface area is 167 Å². The van der Waals surface area contributed by atoms with Gasteiger partial charge in [0.1, 0.15) is 0 Å². The second-order valence-corrected chi connectivity index (χ2v) is 10.4. The molecule has 1 heterocycles. The number of esters is 1. The van der Waals surface area contributed by atoms with Gasteiger partial charge in [-0.3, -0.25) is 4.79 Å². The molecule has 0 atom stereocenters. The number of benzene rings is 1. The highest BCUT2D eigenvalue weighted by atomic mass is 32.2. The van der Waals surface area contributed by atoms with Crippen molar-refractivity contribution in [2.45, 2.75) is 44.9 Å². The van der Waals surface area contributed by atoms with Gasteiger partial charge in [-0.25, -0.2) is 17.5 Å². The van der Waals surface area contributed by atoms with Crippen LogP contribution in [-0.2, 0) is 19.6 Å². The second kappa shape index (κ2) is 8.61. The smallest absolute Gasteiger partial charge is 0.340 e. The molecule has 28 heavy (non-hydrogen) atoms. The Balaban J connectivity index is 2.39. The highest BCUT2D eigenvalue weighted by molar-refractivity contribution is 7.89. The summed E-state index contributed by atoms with van der Waals surface area (Å²) in [6.45, 7) is 6.51. The molecule has 0 radical (unpaired) electrons. The molecule has 1 aromatic rings. The van der Waals surface area contributed by atoms with Crippen molar-refractivity contribution in [1.82, 2.24) is 4.31 Å². The molecule has 1 fully saturated rings. The molecule has 0 bridgehead atoms. The zero-order valence-electron chi connectivity index (χ0n) is 17.3. The molecule has 7 nitrogen and oxygen atoms in total. The van der Waals surface area contributed by atoms with Crippen LogP contribution in [0.5, 0.6) is 0 Å². The molecule has 1 aromatic carbocycles. The van der Waals surface area contributed by atoms with Crippen molar-refractivity contribution in [3.8, 4) is 0 Å². The van der Waals surface area contributed by atoms with Crippen LogP contribution in [0.2, 0.25) is 0 Å². The first-order valence-electron chi connectivity index (χ1n) is 9.46. The zero-order chi connectivity index (χ0) is 21.1. The van der Waals surface area contributed by atoms with Crippen LogP contribution >= 0.6 is 0 Å². The first kappa shape index (κ1) is 22.4. The Hall–Kier alpha value is -1.93. The van der Waals surface area contributed by atoms with Gasteiger partial charge in [0.15, 0.2) is 12.4 Å². The first-order valence-corrected chi connectivity index (χ1v) is 10.9. The summed E-state index contributed by atoms with van der Waals surface area (Å²) in [7, 11) is -0.818. The van der Waals surface area contributed by atoms with Gasteiger partial charge in [0.2, 0.25) is 10.0 Å². The number of sulfonamides is 1. The highest BCUT2D eigenvalue weighted by Crippen LogP contribution is 2.28. The molecule has 0 aromatic heterocycles. The monoisotopic (exact) mass is 410 g/mol. The van der Waals surface area contributed by atoms with E-state index in [-0.39, 0.29) is 22.8 Å². The zero-order valence-corrected chi connectivity index (χ0v) is 18.1. The van der Waals surface area contributed by atoms with Crippen LogP contribution in [0.4, 0.5) is 5.69 Å². The topological polar surface area (TPSA) is 84.0 Å². The van der Waals surface area contributed by atoms with E-state index in [9.17, 15) is 18.0 Å². The van der Waals surface area contributed by atoms with Gasteiger partial charge >= 0.3 is 5.97 Å². The lowest BCUT2D eigenvalue weighted by molar-refractivity contribution is -0.129. The molecule has 0 amide bonds. The minimum atomic E-state index is -3.69. The number of anilines is 1. The Morgan fingerprint density at radius 3 is 2.25 bits per heavy atom. The molecular weight excluding hydrogens is 380 g/mol. The van der Waals surface area contributed by atoms with Gasteiger partial charge in [-0.1, -0.05) is 20.8 Å². The highest BCUT2D eigenvalue weighted by Gasteiger charge is 2.27. The number of carbonyl (C=O) groups excluding carboxylic acids is 2. The van der Waals surface area contributed by atoms with Crippen LogP contribution in [0.3, 0.4) is 0 Å². The van der Waals surface area contributed by atoms with Crippen molar-refractivity contribution < 1.29 is 22.7 Å². The summed E-state index contributed by atoms with van der Waals surface area (Å²) >= 11 is 0. The summed E-state index contributed by atoms with van der Waals surface area (Å²) < 4.78 is 31.3. The summed E-state index contributed by atoms with van der Waals surface area (Å²) in [5.41, 5.74) is 0.198. The van der Waals surface area contributed by atoms with Crippen molar-refractivity contribution in [3.05, 3.63) is 23.8 Å². The molecule has 1 aliphatic heterocycles. The van der Waals surface area contributed by atoms with E-state index in [1.165, 1.54) is 26.2 Å². The average Bonchev–Trinajstić information content (AvgIpc) is 2.65. The van der Waals surface area contributed by atoms with Crippen LogP contribution in [0.25, 0.3) is 0 Å². The number of Topliss-reactive ketones (excluding diaryl/α,β-unsaturated/α-hetero) is 1. The normalized spacial score (nSPS) is 15.6. The maximum Gasteiger partial charge on any atom is 0.340 e. The minimum Gasteiger partial charge on any atom is -0.454 e. The number of ketones is 1. The SMILES string of the molecule is CN(C)S(=O)(=O)c1ccc(N2CCCCC2)c(C(=O)OCC(=O)C(C)(C)C)c1. The number of hydrogen-bond donors (Lipinski definition) is 0. The number of carbonyl (C=O) groups is 2. The number of nitrogens with zero attached hydrogens (tertiary/aromatic N) is 2. The lowest BCUT2D eigenvalue weighted by Gasteiger charge is -2.30. The lowest BCUT2D eigenvalue weighted by Crippen LogP contribution is -2.32. The molecule has 0 saturated carbocycles. The van der Waals surface area contributed by atoms with Gasteiger partial charge < -0.3 is 9.64 Å². The van der Waals surface area contributed by atoms with Crippen LogP contribution < -0.4 is 4.90 Å². The molecule has 156 valence electrons. The maximum absolute atomic E-state index is 12.8. The van der Waals surface area contributed by atoms with Crippen molar-refractivity contribution in [1.29, 1.82) is 0 Å². The molecule has 1 saturated heterocycles. The molecule has 0 spiro atoms. The first-order chi connectivity index (χ1) is 12.9. The third-order valence-corrected chi connectivity index (χ3v) is 6.65. The van der Waals surface area contributed by atoms with E-state index in [0.29, 0.717) is 5.69 Å². The predicted molar refractivity (Wildman–Crippen MR) is 108 cm³/mol. The maximum atomic E-state index is 12.8. The molecule has 1 aliphatic rings. The van der Waals surface area contributed by atoms with Gasteiger partial charge in [0.05, 0.1) is 16.1 Å². The van der Waals surface area contributed by atoms with Crippen molar-refractivity contribution in [3.63, 3.8) is 0 Å². The molecule has 8 heteroatoms. The van der Waals surface area contributed by atoms with Gasteiger partial charge in [0, 0.05) is 32.6 Å². The van der Waals surface area contributed by atoms with E-state index in [1.54, 1.807) is 26.8 Å². The standard InChI is InChI=1S/C20H30N2O5S/c1-20(2,3)18(23)14-27-19(24)16-13-15(28(25,26)21(4)5)9-10-17(16)22-11-7-6-8-12-22/h9-10,13H,6-8,11-12,14H2,1-5H3. The summed E-state index contributed by atoms with van der Waals surface area (Å²) in [5.74, 6) is -0.883. The van der Waals surface area contributed by atoms with E-state index < -0.39 is 21.4 Å². The Morgan fingerprint density at radius 2 is 1.71 bits per heavy atom. The van der Waals surface area contributed by atoms with Gasteiger partial charge in [-0.05, 0) is 37.5 Å². The summed E-state index contributed by atoms with van der Waals surface area (Å²) in [5, 5.41) is 0. The molecule has 0 N–H and O–H groups in total. The fourth-order valence-electron chi connectivity index (χ4n) is 2.89. The predicted octanol–water partition coefficient (Wildman–Crippen LogP) is 2.70. The molecule has 0 unspecified atom stereocenters. The van der Waals surface area contributed by atoms with E-state index in [0.717, 1.165) is 36.7 Å². The van der Waals surface area contributed by atoms with Gasteiger partial charge in [-0.2, -0.15) is 0 Å². The summed E-state index contributed by atoms with van der Waals surface area (Å²) in [6, 6.07) is 4.52. The molecule has 2 rings (SSSR count). The summed E-state index contributed by atoms with van der Waals surface area (Å²) in [6.07, 6.45) is 3.15. The van der Waals surface area contributed by atoms with Crippen molar-refractivity contribution >= 4 is 27.5 Å². The third kappa shape index (κ3) is 5.11. The largest absolute Gasteiger partial charge is 0.454 e. The van der Waals surface area contributed by atoms with Crippen LogP contribution in [0.15, 0.2) is 23.1 Å². The molecular formula is C20H30N2O5S. The van der Waals surface area contributed by atoms with E-state index >= 15 is 0 Å². The summed E-state index contributed by atoms with van der Waals surface area (Å²) in [4.78, 5) is 27.0. The Bertz CT molecular complexity index is 835. The minimum absolute atomic E-state index is 0.0207. The number of ether oxygens (including phenoxy) is 1. The molecule has 0 aliphatic carbocycles. The van der Waals surface area contributed by atoms with E-state index in [1.807, 2.05) is 0 Å². The van der Waals surface area contributed by atoms with Gasteiger partial charge in [-0.15, -0.1) is 0 Å². The third-order valence-electron chi connectivity index (χ3n) is 4.83. The number of rotatable bonds is 6. The second-order valence-electron chi connectivity index (χ2n) is 8.26. The van der Waals surface area contributed by atoms with Crippen LogP contribution in [0.1, 0.15) is 50.4 Å². The fraction of sp³-hybridized carbons (Fsp3) is 0.600. The Morgan fingerprint density at radius 1 is 1.11 bits per heavy atom. The van der Waals surface area contributed by atoms with E-state index in [4.69, 9.17) is 4.74 Å².